The lowest BCUT2D eigenvalue weighted by Gasteiger charge is -2.32. The van der Waals surface area contributed by atoms with E-state index >= 15 is 0 Å². The van der Waals surface area contributed by atoms with Gasteiger partial charge in [0.1, 0.15) is 0 Å². The Bertz CT molecular complexity index is 499. The van der Waals surface area contributed by atoms with Crippen molar-refractivity contribution in [1.29, 1.82) is 0 Å². The SMILES string of the molecule is COCCC1CCN(C(=O)CCN2Cc3ccccc3C2)CC1. The fourth-order valence-corrected chi connectivity index (χ4v) is 3.73. The van der Waals surface area contributed by atoms with E-state index in [4.69, 9.17) is 4.74 Å². The number of carbonyl (C=O) groups is 1. The number of amides is 1. The van der Waals surface area contributed by atoms with Gasteiger partial charge in [-0.2, -0.15) is 0 Å². The maximum absolute atomic E-state index is 12.4. The van der Waals surface area contributed by atoms with Crippen LogP contribution in [-0.2, 0) is 22.6 Å². The first-order valence-electron chi connectivity index (χ1n) is 8.82. The molecule has 1 fully saturated rings. The Morgan fingerprint density at radius 1 is 1.17 bits per heavy atom. The van der Waals surface area contributed by atoms with Gasteiger partial charge >= 0.3 is 0 Å². The van der Waals surface area contributed by atoms with Crippen LogP contribution in [0.1, 0.15) is 36.8 Å². The summed E-state index contributed by atoms with van der Waals surface area (Å²) in [6, 6.07) is 8.59. The van der Waals surface area contributed by atoms with Crippen LogP contribution >= 0.6 is 0 Å². The molecule has 2 heterocycles. The summed E-state index contributed by atoms with van der Waals surface area (Å²) in [5.41, 5.74) is 2.83. The molecule has 4 nitrogen and oxygen atoms in total. The minimum Gasteiger partial charge on any atom is -0.385 e. The lowest BCUT2D eigenvalue weighted by molar-refractivity contribution is -0.133. The standard InChI is InChI=1S/C19H28N2O2/c1-23-13-9-16-6-11-21(12-7-16)19(22)8-10-20-14-17-4-2-3-5-18(17)15-20/h2-5,16H,6-15H2,1H3. The molecule has 0 saturated carbocycles. The summed E-state index contributed by atoms with van der Waals surface area (Å²) in [6.45, 7) is 5.54. The molecular formula is C19H28N2O2. The second-order valence-corrected chi connectivity index (χ2v) is 6.84. The number of rotatable bonds is 6. The second kappa shape index (κ2) is 7.93. The highest BCUT2D eigenvalue weighted by molar-refractivity contribution is 5.76. The van der Waals surface area contributed by atoms with Crippen molar-refractivity contribution in [3.8, 4) is 0 Å². The van der Waals surface area contributed by atoms with Crippen molar-refractivity contribution >= 4 is 5.91 Å². The normalized spacial score (nSPS) is 19.1. The molecule has 3 rings (SSSR count). The van der Waals surface area contributed by atoms with E-state index in [-0.39, 0.29) is 0 Å². The predicted molar refractivity (Wildman–Crippen MR) is 91.0 cm³/mol. The molecule has 0 aliphatic carbocycles. The zero-order valence-electron chi connectivity index (χ0n) is 14.2. The van der Waals surface area contributed by atoms with Crippen molar-refractivity contribution in [1.82, 2.24) is 9.80 Å². The molecule has 0 aromatic heterocycles. The van der Waals surface area contributed by atoms with Gasteiger partial charge in [0.05, 0.1) is 0 Å². The number of hydrogen-bond donors (Lipinski definition) is 0. The summed E-state index contributed by atoms with van der Waals surface area (Å²) >= 11 is 0. The van der Waals surface area contributed by atoms with E-state index in [0.717, 1.165) is 64.5 Å². The van der Waals surface area contributed by atoms with Crippen molar-refractivity contribution in [3.05, 3.63) is 35.4 Å². The van der Waals surface area contributed by atoms with Crippen LogP contribution in [0.2, 0.25) is 0 Å². The van der Waals surface area contributed by atoms with Gasteiger partial charge in [0.25, 0.3) is 0 Å². The molecule has 0 spiro atoms. The number of fused-ring (bicyclic) bond motifs is 1. The highest BCUT2D eigenvalue weighted by Crippen LogP contribution is 2.23. The van der Waals surface area contributed by atoms with Crippen LogP contribution in [0.5, 0.6) is 0 Å². The van der Waals surface area contributed by atoms with Crippen molar-refractivity contribution < 1.29 is 9.53 Å². The van der Waals surface area contributed by atoms with Gasteiger partial charge in [0, 0.05) is 52.9 Å². The highest BCUT2D eigenvalue weighted by Gasteiger charge is 2.24. The summed E-state index contributed by atoms with van der Waals surface area (Å²) in [6.07, 6.45) is 4.04. The largest absolute Gasteiger partial charge is 0.385 e. The predicted octanol–water partition coefficient (Wildman–Crippen LogP) is 2.67. The number of nitrogens with zero attached hydrogens (tertiary/aromatic N) is 2. The van der Waals surface area contributed by atoms with Gasteiger partial charge < -0.3 is 9.64 Å². The highest BCUT2D eigenvalue weighted by atomic mass is 16.5. The Balaban J connectivity index is 1.38. The molecule has 2 aliphatic rings. The van der Waals surface area contributed by atoms with Crippen LogP contribution in [0.4, 0.5) is 0 Å². The zero-order chi connectivity index (χ0) is 16.1. The van der Waals surface area contributed by atoms with E-state index in [1.807, 2.05) is 0 Å². The molecule has 23 heavy (non-hydrogen) atoms. The van der Waals surface area contributed by atoms with Crippen LogP contribution in [-0.4, -0.2) is 49.1 Å². The molecule has 1 saturated heterocycles. The first-order chi connectivity index (χ1) is 11.3. The lowest BCUT2D eigenvalue weighted by atomic mass is 9.94. The Morgan fingerprint density at radius 3 is 2.43 bits per heavy atom. The van der Waals surface area contributed by atoms with Gasteiger partial charge in [-0.15, -0.1) is 0 Å². The Kier molecular flexibility index (Phi) is 5.68. The van der Waals surface area contributed by atoms with E-state index in [0.29, 0.717) is 12.3 Å². The zero-order valence-corrected chi connectivity index (χ0v) is 14.2. The number of carbonyl (C=O) groups excluding carboxylic acids is 1. The molecule has 1 amide bonds. The second-order valence-electron chi connectivity index (χ2n) is 6.84. The van der Waals surface area contributed by atoms with Crippen LogP contribution < -0.4 is 0 Å². The van der Waals surface area contributed by atoms with E-state index in [1.165, 1.54) is 11.1 Å². The molecule has 0 N–H and O–H groups in total. The smallest absolute Gasteiger partial charge is 0.223 e. The van der Waals surface area contributed by atoms with Gasteiger partial charge in [-0.3, -0.25) is 9.69 Å². The average Bonchev–Trinajstić information content (AvgIpc) is 3.01. The van der Waals surface area contributed by atoms with Crippen LogP contribution in [0.3, 0.4) is 0 Å². The molecule has 2 aliphatic heterocycles. The third-order valence-corrected chi connectivity index (χ3v) is 5.25. The van der Waals surface area contributed by atoms with Gasteiger partial charge in [-0.05, 0) is 36.3 Å². The molecule has 4 heteroatoms. The Hall–Kier alpha value is -1.39. The first kappa shape index (κ1) is 16.5. The number of ether oxygens (including phenoxy) is 1. The van der Waals surface area contributed by atoms with Crippen molar-refractivity contribution in [2.75, 3.05) is 33.4 Å². The maximum Gasteiger partial charge on any atom is 0.223 e. The number of hydrogen-bond acceptors (Lipinski definition) is 3. The quantitative estimate of drug-likeness (QED) is 0.809. The van der Waals surface area contributed by atoms with Gasteiger partial charge in [0.15, 0.2) is 0 Å². The van der Waals surface area contributed by atoms with Gasteiger partial charge in [-0.1, -0.05) is 24.3 Å². The fraction of sp³-hybridized carbons (Fsp3) is 0.632. The molecular weight excluding hydrogens is 288 g/mol. The van der Waals surface area contributed by atoms with E-state index < -0.39 is 0 Å². The molecule has 0 atom stereocenters. The number of methoxy groups -OCH3 is 1. The third-order valence-electron chi connectivity index (χ3n) is 5.25. The molecule has 0 unspecified atom stereocenters. The molecule has 126 valence electrons. The molecule has 0 radical (unpaired) electrons. The van der Waals surface area contributed by atoms with E-state index in [9.17, 15) is 4.79 Å². The average molecular weight is 316 g/mol. The number of benzene rings is 1. The Morgan fingerprint density at radius 2 is 1.83 bits per heavy atom. The summed E-state index contributed by atoms with van der Waals surface area (Å²) in [4.78, 5) is 16.9. The molecule has 1 aromatic rings. The lowest BCUT2D eigenvalue weighted by Crippen LogP contribution is -2.39. The minimum atomic E-state index is 0.325. The summed E-state index contributed by atoms with van der Waals surface area (Å²) in [5, 5.41) is 0. The number of piperidine rings is 1. The summed E-state index contributed by atoms with van der Waals surface area (Å²) < 4.78 is 5.15. The van der Waals surface area contributed by atoms with Crippen LogP contribution in [0.25, 0.3) is 0 Å². The Labute approximate surface area is 139 Å². The van der Waals surface area contributed by atoms with Crippen LogP contribution in [0.15, 0.2) is 24.3 Å². The fourth-order valence-electron chi connectivity index (χ4n) is 3.73. The van der Waals surface area contributed by atoms with Crippen molar-refractivity contribution in [2.24, 2.45) is 5.92 Å². The summed E-state index contributed by atoms with van der Waals surface area (Å²) in [7, 11) is 1.76. The van der Waals surface area contributed by atoms with Crippen molar-refractivity contribution in [3.63, 3.8) is 0 Å². The third kappa shape index (κ3) is 4.33. The molecule has 1 aromatic carbocycles. The van der Waals surface area contributed by atoms with E-state index in [2.05, 4.69) is 34.1 Å². The minimum absolute atomic E-state index is 0.325. The van der Waals surface area contributed by atoms with Crippen molar-refractivity contribution in [2.45, 2.75) is 38.8 Å². The monoisotopic (exact) mass is 316 g/mol. The van der Waals surface area contributed by atoms with Crippen LogP contribution in [0, 0.1) is 5.92 Å². The molecule has 0 bridgehead atoms. The summed E-state index contributed by atoms with van der Waals surface area (Å²) in [5.74, 6) is 1.05. The first-order valence-corrected chi connectivity index (χ1v) is 8.82. The topological polar surface area (TPSA) is 32.8 Å². The maximum atomic E-state index is 12.4. The van der Waals surface area contributed by atoms with Gasteiger partial charge in [0.2, 0.25) is 5.91 Å². The number of likely N-dealkylation sites (tertiary alicyclic amines) is 1. The van der Waals surface area contributed by atoms with E-state index in [1.54, 1.807) is 7.11 Å². The van der Waals surface area contributed by atoms with Gasteiger partial charge in [-0.25, -0.2) is 0 Å².